The first kappa shape index (κ1) is 13.8. The van der Waals surface area contributed by atoms with Gasteiger partial charge in [0.05, 0.1) is 17.4 Å². The molecule has 0 spiro atoms. The molecule has 7 nitrogen and oxygen atoms in total. The molecule has 1 N–H and O–H groups in total. The summed E-state index contributed by atoms with van der Waals surface area (Å²) >= 11 is 0. The third-order valence-electron chi connectivity index (χ3n) is 3.12. The molecule has 0 bridgehead atoms. The number of nitro groups is 1. The van der Waals surface area contributed by atoms with E-state index < -0.39 is 10.8 Å². The SMILES string of the molecule is N#CCCN(C(=O)c1cc(O)ccc1[N+](=O)[O-])C1CC1. The number of hydrogen-bond donors (Lipinski definition) is 1. The first-order valence-electron chi connectivity index (χ1n) is 6.20. The number of carbonyl (C=O) groups excluding carboxylic acids is 1. The largest absolute Gasteiger partial charge is 0.508 e. The van der Waals surface area contributed by atoms with Gasteiger partial charge in [-0.1, -0.05) is 0 Å². The molecule has 1 aliphatic rings. The zero-order valence-electron chi connectivity index (χ0n) is 10.7. The molecule has 104 valence electrons. The molecule has 0 aromatic heterocycles. The maximum absolute atomic E-state index is 12.4. The Morgan fingerprint density at radius 2 is 2.25 bits per heavy atom. The fourth-order valence-corrected chi connectivity index (χ4v) is 2.02. The Kier molecular flexibility index (Phi) is 3.84. The Labute approximate surface area is 115 Å². The van der Waals surface area contributed by atoms with Crippen LogP contribution < -0.4 is 0 Å². The Morgan fingerprint density at radius 3 is 2.80 bits per heavy atom. The van der Waals surface area contributed by atoms with Crippen molar-refractivity contribution < 1.29 is 14.8 Å². The van der Waals surface area contributed by atoms with Crippen molar-refractivity contribution in [1.29, 1.82) is 5.26 Å². The van der Waals surface area contributed by atoms with Crippen molar-refractivity contribution >= 4 is 11.6 Å². The van der Waals surface area contributed by atoms with E-state index in [2.05, 4.69) is 0 Å². The Balaban J connectivity index is 2.33. The van der Waals surface area contributed by atoms with Gasteiger partial charge in [-0.15, -0.1) is 0 Å². The Morgan fingerprint density at radius 1 is 1.55 bits per heavy atom. The quantitative estimate of drug-likeness (QED) is 0.651. The number of phenols is 1. The fraction of sp³-hybridized carbons (Fsp3) is 0.385. The number of rotatable bonds is 5. The highest BCUT2D eigenvalue weighted by Crippen LogP contribution is 2.31. The van der Waals surface area contributed by atoms with Gasteiger partial charge < -0.3 is 10.0 Å². The van der Waals surface area contributed by atoms with E-state index in [1.165, 1.54) is 11.0 Å². The van der Waals surface area contributed by atoms with E-state index in [0.717, 1.165) is 25.0 Å². The predicted molar refractivity (Wildman–Crippen MR) is 69.0 cm³/mol. The summed E-state index contributed by atoms with van der Waals surface area (Å²) in [7, 11) is 0. The number of benzene rings is 1. The third kappa shape index (κ3) is 2.85. The normalized spacial score (nSPS) is 13.6. The zero-order valence-corrected chi connectivity index (χ0v) is 10.7. The molecular weight excluding hydrogens is 262 g/mol. The van der Waals surface area contributed by atoms with Crippen LogP contribution in [-0.2, 0) is 0 Å². The van der Waals surface area contributed by atoms with Crippen LogP contribution in [0.2, 0.25) is 0 Å². The van der Waals surface area contributed by atoms with Crippen molar-refractivity contribution in [3.8, 4) is 11.8 Å². The van der Waals surface area contributed by atoms with Gasteiger partial charge in [0, 0.05) is 18.7 Å². The van der Waals surface area contributed by atoms with Gasteiger partial charge in [0.25, 0.3) is 11.6 Å². The van der Waals surface area contributed by atoms with Gasteiger partial charge in [0.1, 0.15) is 11.3 Å². The topological polar surface area (TPSA) is 107 Å². The number of phenolic OH excluding ortho intramolecular Hbond substituents is 1. The monoisotopic (exact) mass is 275 g/mol. The van der Waals surface area contributed by atoms with Gasteiger partial charge in [-0.25, -0.2) is 0 Å². The average molecular weight is 275 g/mol. The maximum atomic E-state index is 12.4. The molecule has 0 heterocycles. The molecule has 7 heteroatoms. The molecule has 0 aliphatic heterocycles. The summed E-state index contributed by atoms with van der Waals surface area (Å²) in [4.78, 5) is 24.2. The van der Waals surface area contributed by atoms with Gasteiger partial charge in [-0.2, -0.15) is 5.26 Å². The molecule has 0 saturated heterocycles. The number of nitriles is 1. The van der Waals surface area contributed by atoms with Crippen LogP contribution >= 0.6 is 0 Å². The van der Waals surface area contributed by atoms with Crippen LogP contribution in [0.3, 0.4) is 0 Å². The summed E-state index contributed by atoms with van der Waals surface area (Å²) in [5.74, 6) is -0.708. The second-order valence-electron chi connectivity index (χ2n) is 4.60. The maximum Gasteiger partial charge on any atom is 0.282 e. The lowest BCUT2D eigenvalue weighted by molar-refractivity contribution is -0.385. The second-order valence-corrected chi connectivity index (χ2v) is 4.60. The van der Waals surface area contributed by atoms with Crippen LogP contribution in [-0.4, -0.2) is 33.4 Å². The molecule has 1 saturated carbocycles. The van der Waals surface area contributed by atoms with Crippen molar-refractivity contribution in [3.05, 3.63) is 33.9 Å². The molecule has 1 fully saturated rings. The van der Waals surface area contributed by atoms with E-state index in [1.54, 1.807) is 0 Å². The lowest BCUT2D eigenvalue weighted by Gasteiger charge is -2.21. The summed E-state index contributed by atoms with van der Waals surface area (Å²) in [5, 5.41) is 29.0. The Bertz CT molecular complexity index is 590. The second kappa shape index (κ2) is 5.57. The van der Waals surface area contributed by atoms with E-state index in [0.29, 0.717) is 0 Å². The molecular formula is C13H13N3O4. The van der Waals surface area contributed by atoms with Gasteiger partial charge in [0.2, 0.25) is 0 Å². The van der Waals surface area contributed by atoms with Crippen LogP contribution in [0.1, 0.15) is 29.6 Å². The third-order valence-corrected chi connectivity index (χ3v) is 3.12. The van der Waals surface area contributed by atoms with E-state index in [4.69, 9.17) is 5.26 Å². The number of hydrogen-bond acceptors (Lipinski definition) is 5. The van der Waals surface area contributed by atoms with Crippen molar-refractivity contribution in [2.24, 2.45) is 0 Å². The number of carbonyl (C=O) groups is 1. The fourth-order valence-electron chi connectivity index (χ4n) is 2.02. The molecule has 1 aliphatic carbocycles. The highest BCUT2D eigenvalue weighted by Gasteiger charge is 2.35. The lowest BCUT2D eigenvalue weighted by Crippen LogP contribution is -2.34. The summed E-state index contributed by atoms with van der Waals surface area (Å²) < 4.78 is 0. The van der Waals surface area contributed by atoms with Gasteiger partial charge in [-0.3, -0.25) is 14.9 Å². The van der Waals surface area contributed by atoms with Crippen LogP contribution in [0.25, 0.3) is 0 Å². The van der Waals surface area contributed by atoms with Crippen LogP contribution in [0, 0.1) is 21.4 Å². The van der Waals surface area contributed by atoms with E-state index in [-0.39, 0.29) is 36.0 Å². The van der Waals surface area contributed by atoms with Crippen molar-refractivity contribution in [2.75, 3.05) is 6.54 Å². The summed E-state index contributed by atoms with van der Waals surface area (Å²) in [6.07, 6.45) is 1.85. The summed E-state index contributed by atoms with van der Waals surface area (Å²) in [5.41, 5.74) is -0.477. The Hall–Kier alpha value is -2.62. The highest BCUT2D eigenvalue weighted by molar-refractivity contribution is 5.99. The first-order valence-corrected chi connectivity index (χ1v) is 6.20. The highest BCUT2D eigenvalue weighted by atomic mass is 16.6. The van der Waals surface area contributed by atoms with Gasteiger partial charge >= 0.3 is 0 Å². The number of nitrogens with zero attached hydrogens (tertiary/aromatic N) is 3. The first-order chi connectivity index (χ1) is 9.54. The summed E-state index contributed by atoms with van der Waals surface area (Å²) in [6, 6.07) is 5.38. The molecule has 1 aromatic carbocycles. The molecule has 0 atom stereocenters. The van der Waals surface area contributed by atoms with Crippen LogP contribution in [0.5, 0.6) is 5.75 Å². The minimum atomic E-state index is -0.651. The minimum absolute atomic E-state index is 0.0396. The molecule has 1 amide bonds. The molecule has 0 unspecified atom stereocenters. The van der Waals surface area contributed by atoms with E-state index in [9.17, 15) is 20.0 Å². The van der Waals surface area contributed by atoms with Crippen molar-refractivity contribution in [2.45, 2.75) is 25.3 Å². The van der Waals surface area contributed by atoms with Crippen molar-refractivity contribution in [1.82, 2.24) is 4.90 Å². The lowest BCUT2D eigenvalue weighted by atomic mass is 10.1. The molecule has 1 aromatic rings. The van der Waals surface area contributed by atoms with Gasteiger partial charge in [-0.05, 0) is 25.0 Å². The summed E-state index contributed by atoms with van der Waals surface area (Å²) in [6.45, 7) is 0.243. The van der Waals surface area contributed by atoms with E-state index in [1.807, 2.05) is 6.07 Å². The molecule has 20 heavy (non-hydrogen) atoms. The zero-order chi connectivity index (χ0) is 14.7. The van der Waals surface area contributed by atoms with Crippen LogP contribution in [0.15, 0.2) is 18.2 Å². The predicted octanol–water partition coefficient (Wildman–Crippen LogP) is 1.82. The molecule has 2 rings (SSSR count). The van der Waals surface area contributed by atoms with E-state index >= 15 is 0 Å². The van der Waals surface area contributed by atoms with Gasteiger partial charge in [0.15, 0.2) is 0 Å². The minimum Gasteiger partial charge on any atom is -0.508 e. The van der Waals surface area contributed by atoms with Crippen molar-refractivity contribution in [3.63, 3.8) is 0 Å². The standard InChI is InChI=1S/C13H13N3O4/c14-6-1-7-15(9-2-3-9)13(18)11-8-10(17)4-5-12(11)16(19)20/h4-5,8-9,17H,1-3,7H2. The number of nitro benzene ring substituents is 1. The molecule has 0 radical (unpaired) electrons. The average Bonchev–Trinajstić information content (AvgIpc) is 3.23. The number of aromatic hydroxyl groups is 1. The smallest absolute Gasteiger partial charge is 0.282 e. The van der Waals surface area contributed by atoms with Crippen LogP contribution in [0.4, 0.5) is 5.69 Å². The number of amides is 1.